The molecule has 0 bridgehead atoms. The number of hydrogen-bond acceptors (Lipinski definition) is 4. The van der Waals surface area contributed by atoms with Crippen molar-refractivity contribution in [1.29, 1.82) is 0 Å². The van der Waals surface area contributed by atoms with E-state index < -0.39 is 17.4 Å². The number of hydrogen-bond donors (Lipinski definition) is 2. The third kappa shape index (κ3) is 2.90. The molecule has 0 aromatic heterocycles. The van der Waals surface area contributed by atoms with Crippen LogP contribution in [0.2, 0.25) is 0 Å². The number of aliphatic carboxylic acids is 1. The van der Waals surface area contributed by atoms with E-state index in [9.17, 15) is 14.7 Å². The zero-order valence-electron chi connectivity index (χ0n) is 12.8. The zero-order chi connectivity index (χ0) is 16.3. The van der Waals surface area contributed by atoms with Crippen LogP contribution in [0.25, 0.3) is 6.08 Å². The predicted molar refractivity (Wildman–Crippen MR) is 80.9 cm³/mol. The molecule has 6 nitrogen and oxygen atoms in total. The van der Waals surface area contributed by atoms with Gasteiger partial charge in [0.25, 0.3) is 5.91 Å². The Hall–Kier alpha value is -2.50. The van der Waals surface area contributed by atoms with Crippen LogP contribution >= 0.6 is 0 Å². The Morgan fingerprint density at radius 2 is 2.18 bits per heavy atom. The van der Waals surface area contributed by atoms with Gasteiger partial charge in [0.15, 0.2) is 11.5 Å². The molecule has 2 rings (SSSR count). The highest BCUT2D eigenvalue weighted by Crippen LogP contribution is 2.35. The van der Waals surface area contributed by atoms with E-state index in [1.54, 1.807) is 38.3 Å². The van der Waals surface area contributed by atoms with Crippen LogP contribution in [0.1, 0.15) is 25.8 Å². The number of carboxylic acids is 1. The summed E-state index contributed by atoms with van der Waals surface area (Å²) in [7, 11) is 1.55. The highest BCUT2D eigenvalue weighted by molar-refractivity contribution is 6.01. The number of fused-ring (bicyclic) bond motifs is 1. The summed E-state index contributed by atoms with van der Waals surface area (Å²) in [6.45, 7) is 3.26. The predicted octanol–water partition coefficient (Wildman–Crippen LogP) is 1.84. The van der Waals surface area contributed by atoms with E-state index in [2.05, 4.69) is 5.32 Å². The third-order valence-electron chi connectivity index (χ3n) is 3.79. The zero-order valence-corrected chi connectivity index (χ0v) is 12.8. The number of para-hydroxylation sites is 1. The fourth-order valence-corrected chi connectivity index (χ4v) is 2.10. The molecule has 1 atom stereocenters. The fraction of sp³-hybridized carbons (Fsp3) is 0.375. The molecule has 22 heavy (non-hydrogen) atoms. The highest BCUT2D eigenvalue weighted by Gasteiger charge is 2.34. The molecule has 2 N–H and O–H groups in total. The quantitative estimate of drug-likeness (QED) is 0.867. The number of benzene rings is 1. The summed E-state index contributed by atoms with van der Waals surface area (Å²) in [4.78, 5) is 23.6. The lowest BCUT2D eigenvalue weighted by Gasteiger charge is -2.26. The minimum atomic E-state index is -1.30. The first-order valence-corrected chi connectivity index (χ1v) is 6.97. The Morgan fingerprint density at radius 1 is 1.45 bits per heavy atom. The lowest BCUT2D eigenvalue weighted by molar-refractivity contribution is -0.146. The minimum absolute atomic E-state index is 0.0681. The lowest BCUT2D eigenvalue weighted by atomic mass is 9.98. The van der Waals surface area contributed by atoms with Crippen molar-refractivity contribution in [2.75, 3.05) is 13.7 Å². The maximum absolute atomic E-state index is 12.3. The van der Waals surface area contributed by atoms with Gasteiger partial charge < -0.3 is 19.9 Å². The second-order valence-corrected chi connectivity index (χ2v) is 5.28. The number of carbonyl (C=O) groups excluding carboxylic acids is 1. The maximum Gasteiger partial charge on any atom is 0.329 e. The van der Waals surface area contributed by atoms with Gasteiger partial charge in [-0.2, -0.15) is 0 Å². The molecular weight excluding hydrogens is 286 g/mol. The van der Waals surface area contributed by atoms with E-state index in [0.717, 1.165) is 5.56 Å². The van der Waals surface area contributed by atoms with E-state index in [1.807, 2.05) is 0 Å². The second-order valence-electron chi connectivity index (χ2n) is 5.28. The van der Waals surface area contributed by atoms with Gasteiger partial charge in [0.05, 0.1) is 12.7 Å². The smallest absolute Gasteiger partial charge is 0.329 e. The molecule has 0 saturated carbocycles. The normalized spacial score (nSPS) is 15.7. The van der Waals surface area contributed by atoms with Crippen molar-refractivity contribution in [3.63, 3.8) is 0 Å². The van der Waals surface area contributed by atoms with Crippen molar-refractivity contribution < 1.29 is 24.2 Å². The molecule has 6 heteroatoms. The lowest BCUT2D eigenvalue weighted by Crippen LogP contribution is -2.52. The first kappa shape index (κ1) is 15.9. The van der Waals surface area contributed by atoms with Crippen LogP contribution in [-0.4, -0.2) is 36.2 Å². The van der Waals surface area contributed by atoms with Crippen LogP contribution in [-0.2, 0) is 9.59 Å². The summed E-state index contributed by atoms with van der Waals surface area (Å²) in [6, 6.07) is 5.38. The first-order valence-electron chi connectivity index (χ1n) is 6.97. The summed E-state index contributed by atoms with van der Waals surface area (Å²) < 4.78 is 10.8. The molecule has 1 aliphatic heterocycles. The summed E-state index contributed by atoms with van der Waals surface area (Å²) in [5, 5.41) is 11.8. The van der Waals surface area contributed by atoms with Gasteiger partial charge in [0.1, 0.15) is 12.1 Å². The number of rotatable bonds is 5. The van der Waals surface area contributed by atoms with E-state index >= 15 is 0 Å². The number of nitrogens with one attached hydrogen (secondary N) is 1. The summed E-state index contributed by atoms with van der Waals surface area (Å²) in [6.07, 6.45) is 1.97. The molecule has 0 saturated heterocycles. The molecule has 1 aromatic carbocycles. The largest absolute Gasteiger partial charge is 0.493 e. The van der Waals surface area contributed by atoms with Crippen LogP contribution in [0.3, 0.4) is 0 Å². The van der Waals surface area contributed by atoms with Crippen LogP contribution in [0, 0.1) is 0 Å². The van der Waals surface area contributed by atoms with E-state index in [4.69, 9.17) is 9.47 Å². The monoisotopic (exact) mass is 305 g/mol. The Kier molecular flexibility index (Phi) is 4.40. The van der Waals surface area contributed by atoms with E-state index in [0.29, 0.717) is 17.1 Å². The van der Waals surface area contributed by atoms with Gasteiger partial charge in [-0.25, -0.2) is 4.79 Å². The third-order valence-corrected chi connectivity index (χ3v) is 3.79. The van der Waals surface area contributed by atoms with Crippen molar-refractivity contribution in [2.24, 2.45) is 0 Å². The Balaban J connectivity index is 2.25. The SMILES string of the molecule is CCC(C)(NC(=O)C1=Cc2cccc(OC)c2OC1)C(=O)O. The van der Waals surface area contributed by atoms with Gasteiger partial charge in [0.2, 0.25) is 0 Å². The van der Waals surface area contributed by atoms with Crippen LogP contribution < -0.4 is 14.8 Å². The van der Waals surface area contributed by atoms with Crippen molar-refractivity contribution in [1.82, 2.24) is 5.32 Å². The maximum atomic E-state index is 12.3. The number of amides is 1. The standard InChI is InChI=1S/C16H19NO5/c1-4-16(2,15(19)20)17-14(18)11-8-10-6-5-7-12(21-3)13(10)22-9-11/h5-8H,4,9H2,1-3H3,(H,17,18)(H,19,20). The molecule has 0 fully saturated rings. The molecule has 1 amide bonds. The summed E-state index contributed by atoms with van der Waals surface area (Å²) in [5.74, 6) is -0.335. The van der Waals surface area contributed by atoms with Crippen molar-refractivity contribution >= 4 is 18.0 Å². The van der Waals surface area contributed by atoms with Gasteiger partial charge in [-0.15, -0.1) is 0 Å². The molecule has 1 heterocycles. The average Bonchev–Trinajstić information content (AvgIpc) is 2.53. The molecule has 0 spiro atoms. The van der Waals surface area contributed by atoms with Gasteiger partial charge in [-0.1, -0.05) is 19.1 Å². The molecule has 0 radical (unpaired) electrons. The number of methoxy groups -OCH3 is 1. The summed E-state index contributed by atoms with van der Waals surface area (Å²) in [5.41, 5.74) is -0.196. The Labute approximate surface area is 128 Å². The van der Waals surface area contributed by atoms with Crippen molar-refractivity contribution in [3.8, 4) is 11.5 Å². The van der Waals surface area contributed by atoms with Crippen LogP contribution in [0.4, 0.5) is 0 Å². The number of carbonyl (C=O) groups is 2. The second kappa shape index (κ2) is 6.09. The van der Waals surface area contributed by atoms with Crippen LogP contribution in [0.5, 0.6) is 11.5 Å². The first-order chi connectivity index (χ1) is 10.4. The highest BCUT2D eigenvalue weighted by atomic mass is 16.5. The summed E-state index contributed by atoms with van der Waals surface area (Å²) >= 11 is 0. The topological polar surface area (TPSA) is 84.9 Å². The molecule has 118 valence electrons. The van der Waals surface area contributed by atoms with Crippen molar-refractivity contribution in [2.45, 2.75) is 25.8 Å². The minimum Gasteiger partial charge on any atom is -0.493 e. The van der Waals surface area contributed by atoms with Crippen LogP contribution in [0.15, 0.2) is 23.8 Å². The van der Waals surface area contributed by atoms with Gasteiger partial charge in [-0.05, 0) is 25.5 Å². The number of carboxylic acid groups (broad SMARTS) is 1. The fourth-order valence-electron chi connectivity index (χ4n) is 2.10. The molecule has 1 aromatic rings. The van der Waals surface area contributed by atoms with Gasteiger partial charge in [0, 0.05) is 5.56 Å². The van der Waals surface area contributed by atoms with Crippen molar-refractivity contribution in [3.05, 3.63) is 29.3 Å². The number of ether oxygens (including phenoxy) is 2. The Bertz CT molecular complexity index is 637. The average molecular weight is 305 g/mol. The van der Waals surface area contributed by atoms with E-state index in [-0.39, 0.29) is 13.0 Å². The van der Waals surface area contributed by atoms with Gasteiger partial charge in [-0.3, -0.25) is 4.79 Å². The van der Waals surface area contributed by atoms with E-state index in [1.165, 1.54) is 6.92 Å². The molecule has 1 aliphatic rings. The molecule has 1 unspecified atom stereocenters. The molecular formula is C16H19NO5. The Morgan fingerprint density at radius 3 is 2.77 bits per heavy atom. The molecule has 0 aliphatic carbocycles. The van der Waals surface area contributed by atoms with Gasteiger partial charge >= 0.3 is 5.97 Å².